The number of hydrogen-bond acceptors (Lipinski definition) is 6. The topological polar surface area (TPSA) is 90.9 Å². The molecule has 1 aliphatic rings. The van der Waals surface area contributed by atoms with E-state index < -0.39 is 15.7 Å². The highest BCUT2D eigenvalue weighted by molar-refractivity contribution is 7.91. The molecule has 30 heavy (non-hydrogen) atoms. The summed E-state index contributed by atoms with van der Waals surface area (Å²) in [5.41, 5.74) is 0.639. The lowest BCUT2D eigenvalue weighted by Crippen LogP contribution is -2.18. The summed E-state index contributed by atoms with van der Waals surface area (Å²) < 4.78 is 41.7. The maximum Gasteiger partial charge on any atom is 0.259 e. The van der Waals surface area contributed by atoms with Crippen molar-refractivity contribution >= 4 is 34.9 Å². The van der Waals surface area contributed by atoms with Gasteiger partial charge in [0.1, 0.15) is 11.5 Å². The minimum absolute atomic E-state index is 0. The molecule has 1 aliphatic heterocycles. The molecule has 1 heterocycles. The first-order chi connectivity index (χ1) is 13.9. The van der Waals surface area contributed by atoms with Crippen LogP contribution in [0.5, 0.6) is 11.5 Å². The molecule has 164 valence electrons. The van der Waals surface area contributed by atoms with E-state index in [1.807, 2.05) is 6.92 Å². The molecule has 1 saturated heterocycles. The smallest absolute Gasteiger partial charge is 0.259 e. The largest absolute Gasteiger partial charge is 0.496 e. The number of amides is 1. The van der Waals surface area contributed by atoms with Gasteiger partial charge in [-0.3, -0.25) is 4.79 Å². The lowest BCUT2D eigenvalue weighted by Gasteiger charge is -2.14. The molecule has 0 aromatic heterocycles. The van der Waals surface area contributed by atoms with Crippen molar-refractivity contribution in [1.29, 1.82) is 0 Å². The van der Waals surface area contributed by atoms with Gasteiger partial charge in [0.25, 0.3) is 5.91 Å². The number of rotatable bonds is 8. The van der Waals surface area contributed by atoms with Gasteiger partial charge in [0, 0.05) is 6.61 Å². The highest BCUT2D eigenvalue weighted by Crippen LogP contribution is 2.29. The fourth-order valence-corrected chi connectivity index (χ4v) is 4.87. The highest BCUT2D eigenvalue weighted by atomic mass is 32.2. The molecule has 2 aromatic rings. The summed E-state index contributed by atoms with van der Waals surface area (Å²) >= 11 is 0. The third kappa shape index (κ3) is 5.68. The molecule has 3 rings (SSSR count). The van der Waals surface area contributed by atoms with E-state index in [0.717, 1.165) is 6.42 Å². The first kappa shape index (κ1) is 24.0. The average Bonchev–Trinajstić information content (AvgIpc) is 3.21. The van der Waals surface area contributed by atoms with Crippen LogP contribution in [-0.4, -0.2) is 47.0 Å². The molecule has 0 bridgehead atoms. The van der Waals surface area contributed by atoms with E-state index >= 15 is 0 Å². The Morgan fingerprint density at radius 2 is 1.97 bits per heavy atom. The fourth-order valence-electron chi connectivity index (χ4n) is 3.22. The predicted octanol–water partition coefficient (Wildman–Crippen LogP) is 3.27. The van der Waals surface area contributed by atoms with E-state index in [2.05, 4.69) is 5.32 Å². The number of carbonyl (C=O) groups is 1. The maximum absolute atomic E-state index is 12.9. The van der Waals surface area contributed by atoms with E-state index in [1.54, 1.807) is 24.3 Å². The zero-order valence-electron chi connectivity index (χ0n) is 17.0. The van der Waals surface area contributed by atoms with Crippen LogP contribution in [-0.2, 0) is 14.6 Å². The Hall–Kier alpha value is -2.23. The Bertz CT molecular complexity index is 971. The number of nitrogens with one attached hydrogen (secondary N) is 1. The van der Waals surface area contributed by atoms with E-state index in [0.29, 0.717) is 37.0 Å². The normalized spacial score (nSPS) is 15.9. The molecule has 0 unspecified atom stereocenters. The van der Waals surface area contributed by atoms with Crippen molar-refractivity contribution in [2.24, 2.45) is 5.92 Å². The lowest BCUT2D eigenvalue weighted by atomic mass is 10.1. The highest BCUT2D eigenvalue weighted by Gasteiger charge is 2.26. The number of carbonyl (C=O) groups excluding carboxylic acids is 1. The summed E-state index contributed by atoms with van der Waals surface area (Å²) in [7, 11) is -2.12. The molecular weight excluding hydrogens is 426 g/mol. The van der Waals surface area contributed by atoms with Gasteiger partial charge in [-0.2, -0.15) is 13.5 Å². The van der Waals surface area contributed by atoms with Crippen LogP contribution in [0.25, 0.3) is 0 Å². The first-order valence-electron chi connectivity index (χ1n) is 9.46. The molecule has 0 aliphatic carbocycles. The van der Waals surface area contributed by atoms with Crippen molar-refractivity contribution in [3.63, 3.8) is 0 Å². The van der Waals surface area contributed by atoms with E-state index in [9.17, 15) is 13.2 Å². The van der Waals surface area contributed by atoms with Crippen LogP contribution in [0, 0.1) is 5.92 Å². The molecule has 1 atom stereocenters. The molecule has 2 aromatic carbocycles. The number of hydrogen-bond donors (Lipinski definition) is 1. The van der Waals surface area contributed by atoms with Gasteiger partial charge < -0.3 is 19.5 Å². The van der Waals surface area contributed by atoms with Crippen molar-refractivity contribution < 1.29 is 27.4 Å². The number of benzene rings is 2. The molecule has 1 fully saturated rings. The Balaban J connectivity index is 0.00000320. The van der Waals surface area contributed by atoms with Crippen LogP contribution in [0.3, 0.4) is 0 Å². The Labute approximate surface area is 184 Å². The van der Waals surface area contributed by atoms with Gasteiger partial charge in [-0.25, -0.2) is 8.42 Å². The van der Waals surface area contributed by atoms with E-state index in [-0.39, 0.29) is 35.6 Å². The second-order valence-corrected chi connectivity index (χ2v) is 8.79. The van der Waals surface area contributed by atoms with Crippen molar-refractivity contribution in [2.75, 3.05) is 38.0 Å². The van der Waals surface area contributed by atoms with Gasteiger partial charge in [-0.05, 0) is 49.6 Å². The van der Waals surface area contributed by atoms with Crippen LogP contribution in [0.2, 0.25) is 0 Å². The maximum atomic E-state index is 12.9. The first-order valence-corrected chi connectivity index (χ1v) is 11.1. The molecular formula is C21H27NO6S2. The number of methoxy groups -OCH3 is 1. The summed E-state index contributed by atoms with van der Waals surface area (Å²) in [5.74, 6) is 0.313. The van der Waals surface area contributed by atoms with Gasteiger partial charge in [-0.1, -0.05) is 12.1 Å². The quantitative estimate of drug-likeness (QED) is 0.660. The second kappa shape index (κ2) is 10.7. The third-order valence-electron chi connectivity index (χ3n) is 4.69. The average molecular weight is 454 g/mol. The van der Waals surface area contributed by atoms with Crippen molar-refractivity contribution in [3.8, 4) is 11.5 Å². The molecule has 0 spiro atoms. The van der Waals surface area contributed by atoms with Crippen LogP contribution >= 0.6 is 13.5 Å². The van der Waals surface area contributed by atoms with Crippen LogP contribution < -0.4 is 14.8 Å². The molecule has 0 radical (unpaired) electrons. The monoisotopic (exact) mass is 453 g/mol. The molecule has 1 N–H and O–H groups in total. The van der Waals surface area contributed by atoms with Crippen LogP contribution in [0.1, 0.15) is 23.7 Å². The Morgan fingerprint density at radius 3 is 2.63 bits per heavy atom. The standard InChI is InChI=1S/C21H25NO6S.H2S/c1-3-28-20-7-5-4-6-18(20)22-21(23)17-12-16(8-9-19(17)26-2)29(24,25)14-15-10-11-27-13-15;/h4-9,12,15H,3,10-11,13-14H2,1-2H3,(H,22,23);1H2/t15-;/m0./s1. The summed E-state index contributed by atoms with van der Waals surface area (Å²) in [6, 6.07) is 11.4. The molecule has 9 heteroatoms. The Kier molecular flexibility index (Phi) is 8.57. The zero-order valence-corrected chi connectivity index (χ0v) is 18.8. The van der Waals surface area contributed by atoms with Crippen LogP contribution in [0.4, 0.5) is 5.69 Å². The summed E-state index contributed by atoms with van der Waals surface area (Å²) in [5, 5.41) is 2.78. The molecule has 1 amide bonds. The van der Waals surface area contributed by atoms with Crippen molar-refractivity contribution in [2.45, 2.75) is 18.2 Å². The lowest BCUT2D eigenvalue weighted by molar-refractivity contribution is 0.102. The number of para-hydroxylation sites is 2. The van der Waals surface area contributed by atoms with Gasteiger partial charge in [0.2, 0.25) is 0 Å². The minimum atomic E-state index is -3.55. The van der Waals surface area contributed by atoms with Crippen LogP contribution in [0.15, 0.2) is 47.4 Å². The summed E-state index contributed by atoms with van der Waals surface area (Å²) in [4.78, 5) is 13.0. The van der Waals surface area contributed by atoms with Gasteiger partial charge in [0.05, 0.1) is 42.2 Å². The minimum Gasteiger partial charge on any atom is -0.496 e. The fraction of sp³-hybridized carbons (Fsp3) is 0.381. The molecule has 7 nitrogen and oxygen atoms in total. The van der Waals surface area contributed by atoms with Crippen molar-refractivity contribution in [3.05, 3.63) is 48.0 Å². The molecule has 0 saturated carbocycles. The zero-order chi connectivity index (χ0) is 20.9. The number of sulfone groups is 1. The van der Waals surface area contributed by atoms with Gasteiger partial charge >= 0.3 is 0 Å². The SMILES string of the molecule is CCOc1ccccc1NC(=O)c1cc(S(=O)(=O)C[C@H]2CCOC2)ccc1OC.S. The second-order valence-electron chi connectivity index (χ2n) is 6.76. The summed E-state index contributed by atoms with van der Waals surface area (Å²) in [6.07, 6.45) is 0.719. The predicted molar refractivity (Wildman–Crippen MR) is 120 cm³/mol. The number of anilines is 1. The third-order valence-corrected chi connectivity index (χ3v) is 6.57. The van der Waals surface area contributed by atoms with Gasteiger partial charge in [-0.15, -0.1) is 0 Å². The summed E-state index contributed by atoms with van der Waals surface area (Å²) in [6.45, 7) is 3.33. The van der Waals surface area contributed by atoms with E-state index in [4.69, 9.17) is 14.2 Å². The number of ether oxygens (including phenoxy) is 3. The van der Waals surface area contributed by atoms with Crippen molar-refractivity contribution in [1.82, 2.24) is 0 Å². The Morgan fingerprint density at radius 1 is 1.20 bits per heavy atom. The van der Waals surface area contributed by atoms with Gasteiger partial charge in [0.15, 0.2) is 9.84 Å². The van der Waals surface area contributed by atoms with E-state index in [1.165, 1.54) is 25.3 Å².